The maximum Gasteiger partial charge on any atom is 0.253 e. The van der Waals surface area contributed by atoms with E-state index in [9.17, 15) is 4.79 Å². The number of carbonyl (C=O) groups excluding carboxylic acids is 1. The fourth-order valence-electron chi connectivity index (χ4n) is 3.51. The number of ether oxygens (including phenoxy) is 1. The van der Waals surface area contributed by atoms with Crippen molar-refractivity contribution in [2.75, 3.05) is 32.8 Å². The number of likely N-dealkylation sites (N-methyl/N-ethyl adjacent to an activating group) is 1. The van der Waals surface area contributed by atoms with E-state index in [1.54, 1.807) is 0 Å². The quantitative estimate of drug-likeness (QED) is 0.851. The van der Waals surface area contributed by atoms with Crippen LogP contribution in [0.25, 0.3) is 0 Å². The van der Waals surface area contributed by atoms with Crippen LogP contribution in [0.1, 0.15) is 38.6 Å². The van der Waals surface area contributed by atoms with E-state index in [-0.39, 0.29) is 11.9 Å². The topological polar surface area (TPSA) is 50.6 Å². The summed E-state index contributed by atoms with van der Waals surface area (Å²) in [5, 5.41) is 0. The first-order valence-electron chi connectivity index (χ1n) is 8.45. The van der Waals surface area contributed by atoms with E-state index in [0.717, 1.165) is 56.2 Å². The molecule has 0 saturated carbocycles. The van der Waals surface area contributed by atoms with E-state index in [0.29, 0.717) is 6.54 Å². The van der Waals surface area contributed by atoms with Crippen LogP contribution in [0.5, 0.6) is 0 Å². The Balaban J connectivity index is 1.80. The van der Waals surface area contributed by atoms with Crippen molar-refractivity contribution in [3.8, 4) is 0 Å². The lowest BCUT2D eigenvalue weighted by atomic mass is 10.0. The van der Waals surface area contributed by atoms with Crippen LogP contribution in [0.4, 0.5) is 0 Å². The lowest BCUT2D eigenvalue weighted by Crippen LogP contribution is -2.51. The molecule has 1 saturated heterocycles. The van der Waals surface area contributed by atoms with Gasteiger partial charge in [-0.15, -0.1) is 0 Å². The maximum atomic E-state index is 12.9. The van der Waals surface area contributed by atoms with Gasteiger partial charge < -0.3 is 14.2 Å². The normalized spacial score (nSPS) is 23.1. The summed E-state index contributed by atoms with van der Waals surface area (Å²) in [5.41, 5.74) is 0.847. The van der Waals surface area contributed by atoms with Gasteiger partial charge in [-0.25, -0.2) is 4.98 Å². The summed E-state index contributed by atoms with van der Waals surface area (Å²) in [7, 11) is 2.01. The second-order valence-electron chi connectivity index (χ2n) is 6.28. The molecule has 0 radical (unpaired) electrons. The largest absolute Gasteiger partial charge is 0.498 e. The maximum absolute atomic E-state index is 12.9. The highest BCUT2D eigenvalue weighted by atomic mass is 16.5. The van der Waals surface area contributed by atoms with Gasteiger partial charge in [0.1, 0.15) is 11.6 Å². The molecule has 2 aliphatic rings. The Bertz CT molecular complexity index is 607. The zero-order valence-corrected chi connectivity index (χ0v) is 14.3. The van der Waals surface area contributed by atoms with Crippen molar-refractivity contribution in [2.45, 2.75) is 32.7 Å². The van der Waals surface area contributed by atoms with Crippen LogP contribution < -0.4 is 0 Å². The summed E-state index contributed by atoms with van der Waals surface area (Å²) >= 11 is 0. The van der Waals surface area contributed by atoms with Crippen molar-refractivity contribution < 1.29 is 9.53 Å². The lowest BCUT2D eigenvalue weighted by molar-refractivity contribution is -0.131. The summed E-state index contributed by atoms with van der Waals surface area (Å²) in [6.45, 7) is 8.10. The molecule has 0 unspecified atom stereocenters. The van der Waals surface area contributed by atoms with E-state index in [4.69, 9.17) is 4.74 Å². The summed E-state index contributed by atoms with van der Waals surface area (Å²) < 4.78 is 7.62. The third kappa shape index (κ3) is 3.13. The molecule has 23 heavy (non-hydrogen) atoms. The number of allylic oxidation sites excluding steroid dienone is 1. The third-order valence-electron chi connectivity index (χ3n) is 4.91. The van der Waals surface area contributed by atoms with Gasteiger partial charge in [-0.1, -0.05) is 6.92 Å². The SMILES string of the molecule is CCN1CCN(C(=O)C2=C(C)OCCC2)C[C@H]1c1nccn1C. The molecule has 3 heterocycles. The van der Waals surface area contributed by atoms with Crippen LogP contribution in [-0.4, -0.2) is 58.0 Å². The van der Waals surface area contributed by atoms with Gasteiger partial charge in [0, 0.05) is 39.1 Å². The molecule has 1 aromatic rings. The van der Waals surface area contributed by atoms with Crippen LogP contribution in [-0.2, 0) is 16.6 Å². The third-order valence-corrected chi connectivity index (χ3v) is 4.91. The van der Waals surface area contributed by atoms with E-state index in [1.807, 2.05) is 31.3 Å². The Kier molecular flexibility index (Phi) is 4.71. The monoisotopic (exact) mass is 318 g/mol. The minimum atomic E-state index is 0.136. The Morgan fingerprint density at radius 2 is 2.26 bits per heavy atom. The number of amides is 1. The molecule has 3 rings (SSSR count). The first-order chi connectivity index (χ1) is 11.1. The number of carbonyl (C=O) groups is 1. The van der Waals surface area contributed by atoms with Gasteiger partial charge >= 0.3 is 0 Å². The summed E-state index contributed by atoms with van der Waals surface area (Å²) in [6, 6.07) is 0.156. The van der Waals surface area contributed by atoms with Gasteiger partial charge in [-0.05, 0) is 26.3 Å². The summed E-state index contributed by atoms with van der Waals surface area (Å²) in [4.78, 5) is 21.8. The second-order valence-corrected chi connectivity index (χ2v) is 6.28. The molecule has 1 amide bonds. The standard InChI is InChI=1S/C17H26N4O2/c1-4-20-9-10-21(12-15(20)16-18-7-8-19(16)3)17(22)14-6-5-11-23-13(14)2/h7-8,15H,4-6,9-12H2,1-3H3/t15-/m0/s1. The first-order valence-corrected chi connectivity index (χ1v) is 8.45. The fourth-order valence-corrected chi connectivity index (χ4v) is 3.51. The Hall–Kier alpha value is -1.82. The Labute approximate surface area is 137 Å². The smallest absolute Gasteiger partial charge is 0.253 e. The molecular formula is C17H26N4O2. The van der Waals surface area contributed by atoms with Gasteiger partial charge in [0.15, 0.2) is 0 Å². The van der Waals surface area contributed by atoms with Crippen molar-refractivity contribution in [2.24, 2.45) is 7.05 Å². The molecule has 0 aliphatic carbocycles. The average Bonchev–Trinajstić information content (AvgIpc) is 3.00. The number of hydrogen-bond donors (Lipinski definition) is 0. The summed E-state index contributed by atoms with van der Waals surface area (Å²) in [6.07, 6.45) is 5.54. The number of rotatable bonds is 3. The van der Waals surface area contributed by atoms with E-state index in [2.05, 4.69) is 21.4 Å². The molecule has 2 aliphatic heterocycles. The van der Waals surface area contributed by atoms with Crippen LogP contribution in [0.3, 0.4) is 0 Å². The van der Waals surface area contributed by atoms with E-state index < -0.39 is 0 Å². The molecule has 1 fully saturated rings. The average molecular weight is 318 g/mol. The molecule has 1 atom stereocenters. The van der Waals surface area contributed by atoms with E-state index in [1.165, 1.54) is 0 Å². The predicted molar refractivity (Wildman–Crippen MR) is 87.7 cm³/mol. The number of hydrogen-bond acceptors (Lipinski definition) is 4. The minimum absolute atomic E-state index is 0.136. The molecule has 0 bridgehead atoms. The number of piperazine rings is 1. The molecule has 6 heteroatoms. The first kappa shape index (κ1) is 16.1. The molecule has 0 spiro atoms. The van der Waals surface area contributed by atoms with Crippen molar-refractivity contribution in [1.29, 1.82) is 0 Å². The van der Waals surface area contributed by atoms with Gasteiger partial charge in [0.25, 0.3) is 5.91 Å². The number of aryl methyl sites for hydroxylation is 1. The molecular weight excluding hydrogens is 292 g/mol. The minimum Gasteiger partial charge on any atom is -0.498 e. The van der Waals surface area contributed by atoms with E-state index >= 15 is 0 Å². The zero-order valence-electron chi connectivity index (χ0n) is 14.3. The van der Waals surface area contributed by atoms with Crippen molar-refractivity contribution in [3.05, 3.63) is 29.6 Å². The molecule has 0 N–H and O–H groups in total. The van der Waals surface area contributed by atoms with Crippen LogP contribution in [0.15, 0.2) is 23.7 Å². The Morgan fingerprint density at radius 1 is 1.43 bits per heavy atom. The lowest BCUT2D eigenvalue weighted by Gasteiger charge is -2.41. The van der Waals surface area contributed by atoms with Crippen LogP contribution in [0, 0.1) is 0 Å². The van der Waals surface area contributed by atoms with Crippen molar-refractivity contribution in [3.63, 3.8) is 0 Å². The molecule has 6 nitrogen and oxygen atoms in total. The fraction of sp³-hybridized carbons (Fsp3) is 0.647. The van der Waals surface area contributed by atoms with Gasteiger partial charge in [-0.3, -0.25) is 9.69 Å². The Morgan fingerprint density at radius 3 is 2.91 bits per heavy atom. The molecule has 0 aromatic carbocycles. The highest BCUT2D eigenvalue weighted by Gasteiger charge is 2.33. The predicted octanol–water partition coefficient (Wildman–Crippen LogP) is 1.71. The molecule has 1 aromatic heterocycles. The van der Waals surface area contributed by atoms with Crippen LogP contribution in [0.2, 0.25) is 0 Å². The highest BCUT2D eigenvalue weighted by molar-refractivity contribution is 5.94. The second kappa shape index (κ2) is 6.74. The van der Waals surface area contributed by atoms with Crippen LogP contribution >= 0.6 is 0 Å². The van der Waals surface area contributed by atoms with Gasteiger partial charge in [0.2, 0.25) is 0 Å². The van der Waals surface area contributed by atoms with Crippen molar-refractivity contribution >= 4 is 5.91 Å². The van der Waals surface area contributed by atoms with Crippen molar-refractivity contribution in [1.82, 2.24) is 19.4 Å². The highest BCUT2D eigenvalue weighted by Crippen LogP contribution is 2.27. The van der Waals surface area contributed by atoms with Gasteiger partial charge in [0.05, 0.1) is 18.2 Å². The molecule has 126 valence electrons. The number of nitrogens with zero attached hydrogens (tertiary/aromatic N) is 4. The zero-order chi connectivity index (χ0) is 16.4. The number of aromatic nitrogens is 2. The number of imidazole rings is 1. The van der Waals surface area contributed by atoms with Gasteiger partial charge in [-0.2, -0.15) is 0 Å². The summed E-state index contributed by atoms with van der Waals surface area (Å²) in [5.74, 6) is 1.96.